The minimum Gasteiger partial charge on any atom is -0.377 e. The van der Waals surface area contributed by atoms with Crippen molar-refractivity contribution in [3.8, 4) is 0 Å². The third-order valence-electron chi connectivity index (χ3n) is 1.69. The van der Waals surface area contributed by atoms with E-state index in [-0.39, 0.29) is 4.75 Å². The van der Waals surface area contributed by atoms with Crippen molar-refractivity contribution in [1.29, 1.82) is 0 Å². The molecule has 0 spiro atoms. The Bertz CT molecular complexity index is 350. The van der Waals surface area contributed by atoms with Crippen LogP contribution >= 0.6 is 11.8 Å². The fraction of sp³-hybridized carbons (Fsp3) is 0.636. The summed E-state index contributed by atoms with van der Waals surface area (Å²) < 4.78 is 5.19. The van der Waals surface area contributed by atoms with Crippen molar-refractivity contribution in [2.75, 3.05) is 19.5 Å². The second kappa shape index (κ2) is 5.50. The van der Waals surface area contributed by atoms with Crippen molar-refractivity contribution < 1.29 is 4.74 Å². The number of anilines is 1. The number of nitrogens with zero attached hydrogens (tertiary/aromatic N) is 2. The average Bonchev–Trinajstić information content (AvgIpc) is 2.15. The van der Waals surface area contributed by atoms with Gasteiger partial charge in [0.2, 0.25) is 0 Å². The Morgan fingerprint density at radius 2 is 2.06 bits per heavy atom. The fourth-order valence-electron chi connectivity index (χ4n) is 1.16. The summed E-state index contributed by atoms with van der Waals surface area (Å²) in [6.07, 6.45) is 0. The van der Waals surface area contributed by atoms with Crippen LogP contribution in [-0.2, 0) is 11.3 Å². The maximum atomic E-state index is 5.05. The summed E-state index contributed by atoms with van der Waals surface area (Å²) in [7, 11) is 3.50. The monoisotopic (exact) mass is 241 g/mol. The van der Waals surface area contributed by atoms with Crippen molar-refractivity contribution in [3.05, 3.63) is 11.9 Å². The number of rotatable bonds is 4. The van der Waals surface area contributed by atoms with Gasteiger partial charge in [0.05, 0.1) is 0 Å². The first-order valence-corrected chi connectivity index (χ1v) is 6.00. The molecule has 0 atom stereocenters. The molecule has 4 nitrogen and oxygen atoms in total. The highest BCUT2D eigenvalue weighted by atomic mass is 32.2. The molecule has 0 aliphatic heterocycles. The van der Waals surface area contributed by atoms with E-state index in [2.05, 4.69) is 36.1 Å². The lowest BCUT2D eigenvalue weighted by molar-refractivity contribution is 0.177. The molecule has 1 N–H and O–H groups in total. The van der Waals surface area contributed by atoms with Crippen LogP contribution in [0.25, 0.3) is 0 Å². The predicted octanol–water partition coefficient (Wildman–Crippen LogP) is 2.56. The summed E-state index contributed by atoms with van der Waals surface area (Å²) in [5.41, 5.74) is 0. The van der Waals surface area contributed by atoms with Gasteiger partial charge in [-0.3, -0.25) is 0 Å². The first-order valence-electron chi connectivity index (χ1n) is 5.18. The number of aromatic nitrogens is 2. The molecule has 5 heteroatoms. The van der Waals surface area contributed by atoms with Gasteiger partial charge in [-0.2, -0.15) is 0 Å². The third kappa shape index (κ3) is 4.37. The molecule has 0 aliphatic carbocycles. The standard InChI is InChI=1S/C11H19N3OS/c1-11(2,3)16-10-6-8(12-4)13-9(14-10)7-15-5/h6H,7H2,1-5H3,(H,12,13,14). The Hall–Kier alpha value is -0.810. The summed E-state index contributed by atoms with van der Waals surface area (Å²) in [6, 6.07) is 1.95. The first kappa shape index (κ1) is 13.3. The number of nitrogens with one attached hydrogen (secondary N) is 1. The maximum Gasteiger partial charge on any atom is 0.157 e. The molecule has 0 bridgehead atoms. The first-order chi connectivity index (χ1) is 7.44. The molecule has 0 saturated carbocycles. The Morgan fingerprint density at radius 1 is 1.38 bits per heavy atom. The van der Waals surface area contributed by atoms with Gasteiger partial charge in [-0.05, 0) is 0 Å². The lowest BCUT2D eigenvalue weighted by atomic mass is 10.3. The third-order valence-corrected chi connectivity index (χ3v) is 2.72. The van der Waals surface area contributed by atoms with Crippen molar-refractivity contribution in [3.63, 3.8) is 0 Å². The molecule has 1 aromatic heterocycles. The van der Waals surface area contributed by atoms with Gasteiger partial charge in [-0.25, -0.2) is 9.97 Å². The molecule has 0 radical (unpaired) electrons. The smallest absolute Gasteiger partial charge is 0.157 e. The summed E-state index contributed by atoms with van der Waals surface area (Å²) in [4.78, 5) is 8.75. The van der Waals surface area contributed by atoms with E-state index in [0.717, 1.165) is 10.8 Å². The van der Waals surface area contributed by atoms with Gasteiger partial charge in [0, 0.05) is 25.0 Å². The molecule has 90 valence electrons. The summed E-state index contributed by atoms with van der Waals surface area (Å²) in [6.45, 7) is 6.92. The zero-order valence-electron chi connectivity index (χ0n) is 10.5. The van der Waals surface area contributed by atoms with E-state index in [0.29, 0.717) is 12.4 Å². The topological polar surface area (TPSA) is 47.0 Å². The van der Waals surface area contributed by atoms with Crippen LogP contribution < -0.4 is 5.32 Å². The van der Waals surface area contributed by atoms with Crippen molar-refractivity contribution in [2.24, 2.45) is 0 Å². The number of methoxy groups -OCH3 is 1. The van der Waals surface area contributed by atoms with E-state index in [9.17, 15) is 0 Å². The molecule has 0 fully saturated rings. The molecule has 16 heavy (non-hydrogen) atoms. The van der Waals surface area contributed by atoms with Crippen molar-refractivity contribution in [1.82, 2.24) is 9.97 Å². The van der Waals surface area contributed by atoms with E-state index in [1.54, 1.807) is 18.9 Å². The van der Waals surface area contributed by atoms with E-state index in [1.807, 2.05) is 13.1 Å². The van der Waals surface area contributed by atoms with E-state index < -0.39 is 0 Å². The van der Waals surface area contributed by atoms with Gasteiger partial charge in [-0.15, -0.1) is 11.8 Å². The summed E-state index contributed by atoms with van der Waals surface area (Å²) >= 11 is 1.72. The lowest BCUT2D eigenvalue weighted by Crippen LogP contribution is -2.09. The highest BCUT2D eigenvalue weighted by molar-refractivity contribution is 8.00. The van der Waals surface area contributed by atoms with Crippen molar-refractivity contribution in [2.45, 2.75) is 37.2 Å². The number of hydrogen-bond donors (Lipinski definition) is 1. The van der Waals surface area contributed by atoms with Gasteiger partial charge >= 0.3 is 0 Å². The van der Waals surface area contributed by atoms with Crippen LogP contribution in [0.2, 0.25) is 0 Å². The molecule has 0 aromatic carbocycles. The van der Waals surface area contributed by atoms with Crippen LogP contribution in [0.5, 0.6) is 0 Å². The summed E-state index contributed by atoms with van der Waals surface area (Å²) in [5, 5.41) is 4.00. The Morgan fingerprint density at radius 3 is 2.56 bits per heavy atom. The second-order valence-electron chi connectivity index (χ2n) is 4.41. The highest BCUT2D eigenvalue weighted by Crippen LogP contribution is 2.31. The van der Waals surface area contributed by atoms with Gasteiger partial charge in [-0.1, -0.05) is 20.8 Å². The zero-order valence-corrected chi connectivity index (χ0v) is 11.3. The number of hydrogen-bond acceptors (Lipinski definition) is 5. The van der Waals surface area contributed by atoms with Crippen LogP contribution in [0.3, 0.4) is 0 Å². The Balaban J connectivity index is 2.95. The highest BCUT2D eigenvalue weighted by Gasteiger charge is 2.14. The average molecular weight is 241 g/mol. The Labute approximate surface area is 101 Å². The van der Waals surface area contributed by atoms with Crippen LogP contribution in [0, 0.1) is 0 Å². The quantitative estimate of drug-likeness (QED) is 0.648. The van der Waals surface area contributed by atoms with Crippen LogP contribution in [-0.4, -0.2) is 28.9 Å². The van der Waals surface area contributed by atoms with Crippen LogP contribution in [0.1, 0.15) is 26.6 Å². The Kier molecular flexibility index (Phi) is 4.56. The molecule has 0 amide bonds. The van der Waals surface area contributed by atoms with E-state index in [1.165, 1.54) is 0 Å². The van der Waals surface area contributed by atoms with Crippen LogP contribution in [0.4, 0.5) is 5.82 Å². The molecular formula is C11H19N3OS. The maximum absolute atomic E-state index is 5.05. The van der Waals surface area contributed by atoms with Gasteiger partial charge in [0.15, 0.2) is 5.82 Å². The zero-order chi connectivity index (χ0) is 12.2. The van der Waals surface area contributed by atoms with E-state index in [4.69, 9.17) is 4.74 Å². The normalized spacial score (nSPS) is 11.6. The summed E-state index contributed by atoms with van der Waals surface area (Å²) in [5.74, 6) is 1.54. The van der Waals surface area contributed by atoms with Crippen LogP contribution in [0.15, 0.2) is 11.1 Å². The molecule has 0 aliphatic rings. The number of thioether (sulfide) groups is 1. The molecule has 1 heterocycles. The minimum absolute atomic E-state index is 0.143. The largest absolute Gasteiger partial charge is 0.377 e. The molecule has 1 rings (SSSR count). The predicted molar refractivity (Wildman–Crippen MR) is 67.9 cm³/mol. The SMILES string of the molecule is CNc1cc(SC(C)(C)C)nc(COC)n1. The number of ether oxygens (including phenoxy) is 1. The molecule has 1 aromatic rings. The lowest BCUT2D eigenvalue weighted by Gasteiger charge is -2.17. The molecule has 0 unspecified atom stereocenters. The fourth-order valence-corrected chi connectivity index (χ4v) is 2.11. The van der Waals surface area contributed by atoms with Gasteiger partial charge in [0.1, 0.15) is 17.5 Å². The molecule has 0 saturated heterocycles. The van der Waals surface area contributed by atoms with Gasteiger partial charge < -0.3 is 10.1 Å². The van der Waals surface area contributed by atoms with E-state index >= 15 is 0 Å². The van der Waals surface area contributed by atoms with Gasteiger partial charge in [0.25, 0.3) is 0 Å². The van der Waals surface area contributed by atoms with Crippen molar-refractivity contribution >= 4 is 17.6 Å². The second-order valence-corrected chi connectivity index (χ2v) is 6.25. The minimum atomic E-state index is 0.143. The molecular weight excluding hydrogens is 222 g/mol.